The zero-order valence-corrected chi connectivity index (χ0v) is 14.9. The largest absolute Gasteiger partial charge is 0.378 e. The van der Waals surface area contributed by atoms with Gasteiger partial charge in [0, 0.05) is 36.1 Å². The Bertz CT molecular complexity index is 1050. The van der Waals surface area contributed by atoms with E-state index in [0.29, 0.717) is 11.6 Å². The van der Waals surface area contributed by atoms with Crippen LogP contribution >= 0.6 is 12.4 Å². The number of aromatic nitrogens is 5. The Morgan fingerprint density at radius 3 is 2.08 bits per heavy atom. The van der Waals surface area contributed by atoms with Crippen LogP contribution in [0.1, 0.15) is 5.82 Å². The summed E-state index contributed by atoms with van der Waals surface area (Å²) in [6, 6.07) is 14.4. The molecule has 0 aliphatic heterocycles. The summed E-state index contributed by atoms with van der Waals surface area (Å²) < 4.78 is 0. The topological polar surface area (TPSA) is 67.7 Å². The molecule has 2 heterocycles. The molecule has 4 rings (SSSR count). The van der Waals surface area contributed by atoms with Crippen molar-refractivity contribution in [3.63, 3.8) is 0 Å². The van der Waals surface area contributed by atoms with Crippen LogP contribution in [0.5, 0.6) is 0 Å². The molecular formula is C18H17ClN6. The summed E-state index contributed by atoms with van der Waals surface area (Å²) in [6.07, 6.45) is 0. The Morgan fingerprint density at radius 1 is 0.760 bits per heavy atom. The molecule has 4 aromatic rings. The van der Waals surface area contributed by atoms with Gasteiger partial charge in [-0.05, 0) is 31.2 Å². The van der Waals surface area contributed by atoms with E-state index in [2.05, 4.69) is 49.6 Å². The minimum absolute atomic E-state index is 0. The zero-order valence-electron chi connectivity index (χ0n) is 14.1. The van der Waals surface area contributed by atoms with Gasteiger partial charge in [0.1, 0.15) is 0 Å². The van der Waals surface area contributed by atoms with E-state index in [-0.39, 0.29) is 12.4 Å². The summed E-state index contributed by atoms with van der Waals surface area (Å²) in [5.41, 5.74) is 3.85. The SMILES string of the molecule is Cc1nnc(-c2ccc3cc4ccc(N(C)C)cc4nc3c2)nn1.Cl. The Hall–Kier alpha value is -2.86. The molecule has 6 nitrogen and oxygen atoms in total. The lowest BCUT2D eigenvalue weighted by atomic mass is 10.1. The molecule has 126 valence electrons. The normalized spacial score (nSPS) is 10.7. The van der Waals surface area contributed by atoms with Crippen LogP contribution in [0, 0.1) is 6.92 Å². The van der Waals surface area contributed by atoms with Gasteiger partial charge in [0.05, 0.1) is 11.0 Å². The van der Waals surface area contributed by atoms with E-state index in [4.69, 9.17) is 4.98 Å². The highest BCUT2D eigenvalue weighted by molar-refractivity contribution is 5.95. The summed E-state index contributed by atoms with van der Waals surface area (Å²) in [4.78, 5) is 6.87. The van der Waals surface area contributed by atoms with Gasteiger partial charge in [-0.3, -0.25) is 0 Å². The summed E-state index contributed by atoms with van der Waals surface area (Å²) in [6.45, 7) is 1.76. The summed E-state index contributed by atoms with van der Waals surface area (Å²) in [5.74, 6) is 1.06. The maximum atomic E-state index is 4.80. The first-order valence-electron chi connectivity index (χ1n) is 7.66. The Kier molecular flexibility index (Phi) is 4.46. The fraction of sp³-hybridized carbons (Fsp3) is 0.167. The number of hydrogen-bond acceptors (Lipinski definition) is 6. The Labute approximate surface area is 151 Å². The molecule has 2 aromatic heterocycles. The van der Waals surface area contributed by atoms with Crippen molar-refractivity contribution in [2.45, 2.75) is 6.92 Å². The zero-order chi connectivity index (χ0) is 16.7. The van der Waals surface area contributed by atoms with Gasteiger partial charge in [0.25, 0.3) is 0 Å². The van der Waals surface area contributed by atoms with Gasteiger partial charge < -0.3 is 4.90 Å². The van der Waals surface area contributed by atoms with Gasteiger partial charge in [-0.25, -0.2) is 4.98 Å². The summed E-state index contributed by atoms with van der Waals surface area (Å²) >= 11 is 0. The molecule has 0 amide bonds. The third-order valence-electron chi connectivity index (χ3n) is 3.95. The van der Waals surface area contributed by atoms with Gasteiger partial charge in [0.15, 0.2) is 5.82 Å². The molecule has 0 N–H and O–H groups in total. The average Bonchev–Trinajstić information content (AvgIpc) is 2.59. The highest BCUT2D eigenvalue weighted by Gasteiger charge is 2.07. The predicted molar refractivity (Wildman–Crippen MR) is 102 cm³/mol. The molecule has 0 bridgehead atoms. The van der Waals surface area contributed by atoms with Gasteiger partial charge in [-0.15, -0.1) is 32.8 Å². The predicted octanol–water partition coefficient (Wildman–Crippen LogP) is 3.43. The van der Waals surface area contributed by atoms with Gasteiger partial charge in [-0.2, -0.15) is 0 Å². The molecule has 2 aromatic carbocycles. The number of pyridine rings is 1. The van der Waals surface area contributed by atoms with E-state index in [0.717, 1.165) is 33.1 Å². The number of aryl methyl sites for hydroxylation is 1. The second-order valence-corrected chi connectivity index (χ2v) is 5.94. The number of benzene rings is 2. The van der Waals surface area contributed by atoms with Crippen LogP contribution in [0.3, 0.4) is 0 Å². The highest BCUT2D eigenvalue weighted by Crippen LogP contribution is 2.26. The van der Waals surface area contributed by atoms with Crippen molar-refractivity contribution in [1.29, 1.82) is 0 Å². The molecule has 0 aliphatic rings. The Balaban J connectivity index is 0.00000182. The van der Waals surface area contributed by atoms with Crippen molar-refractivity contribution in [1.82, 2.24) is 25.4 Å². The molecule has 0 spiro atoms. The molecule has 0 fully saturated rings. The maximum absolute atomic E-state index is 4.80. The quantitative estimate of drug-likeness (QED) is 0.515. The maximum Gasteiger partial charge on any atom is 0.203 e. The van der Waals surface area contributed by atoms with E-state index < -0.39 is 0 Å². The molecule has 25 heavy (non-hydrogen) atoms. The van der Waals surface area contributed by atoms with E-state index in [1.165, 1.54) is 0 Å². The second kappa shape index (κ2) is 6.57. The number of nitrogens with zero attached hydrogens (tertiary/aromatic N) is 6. The highest BCUT2D eigenvalue weighted by atomic mass is 35.5. The lowest BCUT2D eigenvalue weighted by Gasteiger charge is -2.13. The number of halogens is 1. The molecule has 0 saturated carbocycles. The first-order chi connectivity index (χ1) is 11.6. The van der Waals surface area contributed by atoms with Gasteiger partial charge in [0.2, 0.25) is 5.82 Å². The van der Waals surface area contributed by atoms with Crippen molar-refractivity contribution < 1.29 is 0 Å². The number of hydrogen-bond donors (Lipinski definition) is 0. The average molecular weight is 353 g/mol. The van der Waals surface area contributed by atoms with E-state index >= 15 is 0 Å². The molecule has 0 aliphatic carbocycles. The Morgan fingerprint density at radius 2 is 1.40 bits per heavy atom. The lowest BCUT2D eigenvalue weighted by Crippen LogP contribution is -2.08. The van der Waals surface area contributed by atoms with Crippen LogP contribution in [-0.2, 0) is 0 Å². The second-order valence-electron chi connectivity index (χ2n) is 5.94. The van der Waals surface area contributed by atoms with Crippen LogP contribution in [0.15, 0.2) is 42.5 Å². The van der Waals surface area contributed by atoms with Crippen LogP contribution in [0.4, 0.5) is 5.69 Å². The third kappa shape index (κ3) is 3.21. The van der Waals surface area contributed by atoms with Crippen LogP contribution < -0.4 is 4.90 Å². The van der Waals surface area contributed by atoms with E-state index in [9.17, 15) is 0 Å². The minimum Gasteiger partial charge on any atom is -0.378 e. The standard InChI is InChI=1S/C18H16N6.ClH/c1-11-20-22-18(23-21-11)14-5-4-12-8-13-6-7-15(24(2)3)10-17(13)19-16(12)9-14;/h4-10H,1-3H3;1H. The number of anilines is 1. The van der Waals surface area contributed by atoms with Gasteiger partial charge in [-0.1, -0.05) is 18.2 Å². The van der Waals surface area contributed by atoms with Crippen molar-refractivity contribution in [3.05, 3.63) is 48.3 Å². The molecular weight excluding hydrogens is 336 g/mol. The van der Waals surface area contributed by atoms with Crippen molar-refractivity contribution in [3.8, 4) is 11.4 Å². The van der Waals surface area contributed by atoms with Crippen LogP contribution in [0.25, 0.3) is 33.2 Å². The van der Waals surface area contributed by atoms with E-state index in [1.54, 1.807) is 6.92 Å². The van der Waals surface area contributed by atoms with Crippen LogP contribution in [-0.4, -0.2) is 39.5 Å². The van der Waals surface area contributed by atoms with E-state index in [1.807, 2.05) is 32.3 Å². The first-order valence-corrected chi connectivity index (χ1v) is 7.66. The molecule has 0 unspecified atom stereocenters. The minimum atomic E-state index is 0. The molecule has 0 radical (unpaired) electrons. The van der Waals surface area contributed by atoms with Crippen molar-refractivity contribution >= 4 is 39.9 Å². The number of rotatable bonds is 2. The molecule has 7 heteroatoms. The first kappa shape index (κ1) is 17.0. The fourth-order valence-electron chi connectivity index (χ4n) is 2.62. The molecule has 0 atom stereocenters. The van der Waals surface area contributed by atoms with Gasteiger partial charge >= 0.3 is 0 Å². The monoisotopic (exact) mass is 352 g/mol. The number of fused-ring (bicyclic) bond motifs is 2. The van der Waals surface area contributed by atoms with Crippen molar-refractivity contribution in [2.24, 2.45) is 0 Å². The van der Waals surface area contributed by atoms with Crippen molar-refractivity contribution in [2.75, 3.05) is 19.0 Å². The fourth-order valence-corrected chi connectivity index (χ4v) is 2.62. The third-order valence-corrected chi connectivity index (χ3v) is 3.95. The smallest absolute Gasteiger partial charge is 0.203 e. The lowest BCUT2D eigenvalue weighted by molar-refractivity contribution is 0.816. The molecule has 0 saturated heterocycles. The summed E-state index contributed by atoms with van der Waals surface area (Å²) in [5, 5.41) is 18.3. The van der Waals surface area contributed by atoms with Crippen LogP contribution in [0.2, 0.25) is 0 Å². The summed E-state index contributed by atoms with van der Waals surface area (Å²) in [7, 11) is 4.05.